The van der Waals surface area contributed by atoms with Crippen LogP contribution in [0.3, 0.4) is 0 Å². The third-order valence-electron chi connectivity index (χ3n) is 6.61. The van der Waals surface area contributed by atoms with E-state index in [1.165, 1.54) is 43.4 Å². The number of hydrogen-bond acceptors (Lipinski definition) is 6. The molecule has 0 saturated heterocycles. The van der Waals surface area contributed by atoms with Gasteiger partial charge in [-0.15, -0.1) is 0 Å². The molecule has 4 aromatic rings. The van der Waals surface area contributed by atoms with Gasteiger partial charge in [0, 0.05) is 20.5 Å². The largest absolute Gasteiger partial charge is 0.452 e. The SMILES string of the molecule is CN(C)S(=O)(=O)c1cccc(C(=O)OCC(=O)N2N=C(c3ccc4ccccc4c3)CC2c2ccccc2)c1. The second kappa shape index (κ2) is 10.8. The second-order valence-electron chi connectivity index (χ2n) is 9.37. The lowest BCUT2D eigenvalue weighted by Gasteiger charge is -2.22. The highest BCUT2D eigenvalue weighted by molar-refractivity contribution is 7.89. The van der Waals surface area contributed by atoms with Crippen molar-refractivity contribution >= 4 is 38.4 Å². The first-order valence-corrected chi connectivity index (χ1v) is 13.8. The topological polar surface area (TPSA) is 96.3 Å². The molecule has 198 valence electrons. The molecule has 4 aromatic carbocycles. The third-order valence-corrected chi connectivity index (χ3v) is 8.42. The highest BCUT2D eigenvalue weighted by Gasteiger charge is 2.33. The number of carbonyl (C=O) groups excluding carboxylic acids is 2. The van der Waals surface area contributed by atoms with Crippen LogP contribution >= 0.6 is 0 Å². The Bertz CT molecular complexity index is 1680. The quantitative estimate of drug-likeness (QED) is 0.318. The van der Waals surface area contributed by atoms with E-state index in [0.29, 0.717) is 6.42 Å². The van der Waals surface area contributed by atoms with Crippen LogP contribution in [0.25, 0.3) is 10.8 Å². The van der Waals surface area contributed by atoms with Gasteiger partial charge in [0.05, 0.1) is 22.2 Å². The van der Waals surface area contributed by atoms with Crippen molar-refractivity contribution in [1.29, 1.82) is 0 Å². The summed E-state index contributed by atoms with van der Waals surface area (Å²) in [4.78, 5) is 26.0. The summed E-state index contributed by atoms with van der Waals surface area (Å²) in [5.41, 5.74) is 2.63. The molecule has 1 amide bonds. The van der Waals surface area contributed by atoms with Gasteiger partial charge in [0.25, 0.3) is 5.91 Å². The molecule has 0 saturated carbocycles. The monoisotopic (exact) mass is 541 g/mol. The van der Waals surface area contributed by atoms with Gasteiger partial charge in [-0.1, -0.05) is 72.8 Å². The van der Waals surface area contributed by atoms with Crippen LogP contribution in [0.4, 0.5) is 0 Å². The molecule has 0 radical (unpaired) electrons. The number of ether oxygens (including phenoxy) is 1. The van der Waals surface area contributed by atoms with Crippen LogP contribution < -0.4 is 0 Å². The number of carbonyl (C=O) groups is 2. The first kappa shape index (κ1) is 26.3. The summed E-state index contributed by atoms with van der Waals surface area (Å²) in [5, 5.41) is 8.23. The first-order chi connectivity index (χ1) is 18.7. The molecule has 9 heteroatoms. The normalized spacial score (nSPS) is 15.4. The summed E-state index contributed by atoms with van der Waals surface area (Å²) in [6.45, 7) is -0.540. The predicted molar refractivity (Wildman–Crippen MR) is 149 cm³/mol. The standard InChI is InChI=1S/C30H27N3O5S/c1-32(2)39(36,37)26-14-8-13-25(18-26)30(35)38-20-29(34)33-28(22-10-4-3-5-11-22)19-27(31-33)24-16-15-21-9-6-7-12-23(21)17-24/h3-18,28H,19-20H2,1-2H3. The number of amides is 1. The average Bonchev–Trinajstić information content (AvgIpc) is 3.42. The molecule has 8 nitrogen and oxygen atoms in total. The van der Waals surface area contributed by atoms with Gasteiger partial charge in [-0.25, -0.2) is 22.5 Å². The summed E-state index contributed by atoms with van der Waals surface area (Å²) < 4.78 is 31.2. The van der Waals surface area contributed by atoms with Crippen LogP contribution in [0.5, 0.6) is 0 Å². The molecule has 0 fully saturated rings. The maximum Gasteiger partial charge on any atom is 0.338 e. The van der Waals surface area contributed by atoms with E-state index in [9.17, 15) is 18.0 Å². The van der Waals surface area contributed by atoms with Gasteiger partial charge in [0.2, 0.25) is 10.0 Å². The van der Waals surface area contributed by atoms with Crippen molar-refractivity contribution in [2.45, 2.75) is 17.4 Å². The van der Waals surface area contributed by atoms with E-state index in [1.54, 1.807) is 0 Å². The first-order valence-electron chi connectivity index (χ1n) is 12.4. The molecule has 1 aliphatic heterocycles. The van der Waals surface area contributed by atoms with E-state index in [-0.39, 0.29) is 16.5 Å². The minimum atomic E-state index is -3.73. The number of fused-ring (bicyclic) bond motifs is 1. The van der Waals surface area contributed by atoms with E-state index in [1.807, 2.05) is 66.7 Å². The van der Waals surface area contributed by atoms with Crippen molar-refractivity contribution in [2.75, 3.05) is 20.7 Å². The van der Waals surface area contributed by atoms with Crippen molar-refractivity contribution in [2.24, 2.45) is 5.10 Å². The zero-order chi connectivity index (χ0) is 27.6. The van der Waals surface area contributed by atoms with E-state index < -0.39 is 28.5 Å². The fourth-order valence-electron chi connectivity index (χ4n) is 4.49. The zero-order valence-corrected chi connectivity index (χ0v) is 22.3. The number of nitrogens with zero attached hydrogens (tertiary/aromatic N) is 3. The molecular weight excluding hydrogens is 514 g/mol. The number of benzene rings is 4. The average molecular weight is 542 g/mol. The minimum absolute atomic E-state index is 0.0344. The van der Waals surface area contributed by atoms with Gasteiger partial charge in [-0.05, 0) is 46.2 Å². The van der Waals surface area contributed by atoms with Crippen LogP contribution in [0, 0.1) is 0 Å². The molecule has 0 aromatic heterocycles. The van der Waals surface area contributed by atoms with Gasteiger partial charge in [-0.3, -0.25) is 4.79 Å². The zero-order valence-electron chi connectivity index (χ0n) is 21.5. The summed E-state index contributed by atoms with van der Waals surface area (Å²) in [6.07, 6.45) is 0.506. The summed E-state index contributed by atoms with van der Waals surface area (Å²) in [5.74, 6) is -1.28. The second-order valence-corrected chi connectivity index (χ2v) is 11.5. The Hall–Kier alpha value is -4.34. The molecular formula is C30H27N3O5S. The lowest BCUT2D eigenvalue weighted by atomic mass is 9.97. The Morgan fingerprint density at radius 3 is 2.36 bits per heavy atom. The molecule has 5 rings (SSSR count). The van der Waals surface area contributed by atoms with Gasteiger partial charge in [0.1, 0.15) is 0 Å². The Balaban J connectivity index is 1.37. The third kappa shape index (κ3) is 5.45. The van der Waals surface area contributed by atoms with Crippen LogP contribution in [0.1, 0.15) is 33.9 Å². The molecule has 39 heavy (non-hydrogen) atoms. The van der Waals surface area contributed by atoms with Crippen molar-refractivity contribution in [1.82, 2.24) is 9.31 Å². The summed E-state index contributed by atoms with van der Waals surface area (Å²) in [6, 6.07) is 28.9. The van der Waals surface area contributed by atoms with E-state index >= 15 is 0 Å². The van der Waals surface area contributed by atoms with Crippen LogP contribution in [0.15, 0.2) is 107 Å². The van der Waals surface area contributed by atoms with Crippen molar-refractivity contribution < 1.29 is 22.7 Å². The van der Waals surface area contributed by atoms with Gasteiger partial charge in [0.15, 0.2) is 6.61 Å². The number of sulfonamides is 1. The number of esters is 1. The molecule has 0 spiro atoms. The lowest BCUT2D eigenvalue weighted by molar-refractivity contribution is -0.136. The smallest absolute Gasteiger partial charge is 0.338 e. The Labute approximate surface area is 227 Å². The lowest BCUT2D eigenvalue weighted by Crippen LogP contribution is -2.31. The van der Waals surface area contributed by atoms with Gasteiger partial charge in [-0.2, -0.15) is 5.10 Å². The Kier molecular flexibility index (Phi) is 7.28. The highest BCUT2D eigenvalue weighted by Crippen LogP contribution is 2.33. The fourth-order valence-corrected chi connectivity index (χ4v) is 5.44. The molecule has 1 unspecified atom stereocenters. The minimum Gasteiger partial charge on any atom is -0.452 e. The molecule has 1 atom stereocenters. The highest BCUT2D eigenvalue weighted by atomic mass is 32.2. The molecule has 1 aliphatic rings. The molecule has 1 heterocycles. The maximum atomic E-state index is 13.3. The van der Waals surface area contributed by atoms with Crippen LogP contribution in [-0.4, -0.2) is 56.0 Å². The Morgan fingerprint density at radius 2 is 1.62 bits per heavy atom. The van der Waals surface area contributed by atoms with Crippen molar-refractivity contribution in [3.05, 3.63) is 114 Å². The summed E-state index contributed by atoms with van der Waals surface area (Å²) in [7, 11) is -0.914. The van der Waals surface area contributed by atoms with Gasteiger partial charge >= 0.3 is 5.97 Å². The molecule has 0 N–H and O–H groups in total. The predicted octanol–water partition coefficient (Wildman–Crippen LogP) is 4.62. The van der Waals surface area contributed by atoms with Crippen LogP contribution in [-0.2, 0) is 19.6 Å². The van der Waals surface area contributed by atoms with E-state index in [2.05, 4.69) is 11.2 Å². The molecule has 0 bridgehead atoms. The number of hydrazone groups is 1. The fraction of sp³-hybridized carbons (Fsp3) is 0.167. The summed E-state index contributed by atoms with van der Waals surface area (Å²) >= 11 is 0. The van der Waals surface area contributed by atoms with E-state index in [0.717, 1.165) is 31.9 Å². The van der Waals surface area contributed by atoms with E-state index in [4.69, 9.17) is 4.74 Å². The molecule has 0 aliphatic carbocycles. The maximum absolute atomic E-state index is 13.3. The van der Waals surface area contributed by atoms with Crippen molar-refractivity contribution in [3.8, 4) is 0 Å². The number of hydrogen-bond donors (Lipinski definition) is 0. The Morgan fingerprint density at radius 1 is 0.897 bits per heavy atom. The number of rotatable bonds is 7. The van der Waals surface area contributed by atoms with Crippen LogP contribution in [0.2, 0.25) is 0 Å². The van der Waals surface area contributed by atoms with Crippen molar-refractivity contribution in [3.63, 3.8) is 0 Å². The van der Waals surface area contributed by atoms with Gasteiger partial charge < -0.3 is 4.74 Å².